The SMILES string of the molecule is C=Cc1ccccc1-c1oc2ncnc(NCCCCCC(=O)O)c2c1-c1ccc(OC)cc1. The number of hydrogen-bond donors (Lipinski definition) is 2. The molecule has 0 unspecified atom stereocenters. The van der Waals surface area contributed by atoms with Crippen LogP contribution in [-0.2, 0) is 4.79 Å². The highest BCUT2D eigenvalue weighted by Gasteiger charge is 2.23. The number of rotatable bonds is 11. The third kappa shape index (κ3) is 4.93. The molecule has 4 aromatic rings. The summed E-state index contributed by atoms with van der Waals surface area (Å²) in [5.41, 5.74) is 4.20. The van der Waals surface area contributed by atoms with Crippen LogP contribution in [0.25, 0.3) is 39.6 Å². The van der Waals surface area contributed by atoms with Crippen LogP contribution in [0.3, 0.4) is 0 Å². The van der Waals surface area contributed by atoms with E-state index in [1.54, 1.807) is 7.11 Å². The molecular weight excluding hydrogens is 430 g/mol. The number of furan rings is 1. The van der Waals surface area contributed by atoms with Crippen molar-refractivity contribution in [3.8, 4) is 28.2 Å². The number of carboxylic acid groups (broad SMARTS) is 1. The summed E-state index contributed by atoms with van der Waals surface area (Å²) < 4.78 is 11.7. The lowest BCUT2D eigenvalue weighted by atomic mass is 9.96. The zero-order chi connectivity index (χ0) is 23.9. The lowest BCUT2D eigenvalue weighted by Gasteiger charge is -2.10. The molecule has 2 N–H and O–H groups in total. The molecule has 0 saturated carbocycles. The van der Waals surface area contributed by atoms with Gasteiger partial charge < -0.3 is 19.6 Å². The van der Waals surface area contributed by atoms with Gasteiger partial charge in [0.1, 0.15) is 23.7 Å². The van der Waals surface area contributed by atoms with Crippen molar-refractivity contribution in [2.45, 2.75) is 25.7 Å². The van der Waals surface area contributed by atoms with E-state index in [9.17, 15) is 4.79 Å². The number of unbranched alkanes of at least 4 members (excludes halogenated alkanes) is 2. The Bertz CT molecular complexity index is 1300. The molecule has 7 nitrogen and oxygen atoms in total. The van der Waals surface area contributed by atoms with Crippen LogP contribution >= 0.6 is 0 Å². The van der Waals surface area contributed by atoms with Crippen LogP contribution in [0.5, 0.6) is 5.75 Å². The number of nitrogens with zero attached hydrogens (tertiary/aromatic N) is 2. The Morgan fingerprint density at radius 1 is 1.12 bits per heavy atom. The normalized spacial score (nSPS) is 10.9. The topological polar surface area (TPSA) is 97.5 Å². The summed E-state index contributed by atoms with van der Waals surface area (Å²) in [4.78, 5) is 19.6. The van der Waals surface area contributed by atoms with E-state index in [2.05, 4.69) is 21.9 Å². The van der Waals surface area contributed by atoms with Crippen molar-refractivity contribution in [2.75, 3.05) is 19.0 Å². The number of aromatic nitrogens is 2. The predicted molar refractivity (Wildman–Crippen MR) is 134 cm³/mol. The fourth-order valence-corrected chi connectivity index (χ4v) is 3.96. The molecule has 4 rings (SSSR count). The van der Waals surface area contributed by atoms with Crippen LogP contribution in [0.15, 0.2) is 65.9 Å². The Kier molecular flexibility index (Phi) is 7.22. The smallest absolute Gasteiger partial charge is 0.303 e. The van der Waals surface area contributed by atoms with E-state index in [1.165, 1.54) is 6.33 Å². The molecular formula is C27H27N3O4. The molecule has 0 atom stereocenters. The molecule has 34 heavy (non-hydrogen) atoms. The van der Waals surface area contributed by atoms with Crippen molar-refractivity contribution >= 4 is 29.0 Å². The van der Waals surface area contributed by atoms with Gasteiger partial charge in [0, 0.05) is 24.1 Å². The molecule has 0 saturated heterocycles. The molecule has 0 spiro atoms. The van der Waals surface area contributed by atoms with E-state index in [1.807, 2.05) is 54.6 Å². The summed E-state index contributed by atoms with van der Waals surface area (Å²) in [7, 11) is 1.64. The lowest BCUT2D eigenvalue weighted by molar-refractivity contribution is -0.137. The Morgan fingerprint density at radius 2 is 1.91 bits per heavy atom. The number of hydrogen-bond acceptors (Lipinski definition) is 6. The van der Waals surface area contributed by atoms with Gasteiger partial charge >= 0.3 is 5.97 Å². The van der Waals surface area contributed by atoms with Crippen molar-refractivity contribution in [3.05, 3.63) is 67.0 Å². The van der Waals surface area contributed by atoms with Gasteiger partial charge in [-0.1, -0.05) is 55.5 Å². The zero-order valence-electron chi connectivity index (χ0n) is 19.1. The molecule has 7 heteroatoms. The van der Waals surface area contributed by atoms with Crippen LogP contribution in [0.1, 0.15) is 31.2 Å². The van der Waals surface area contributed by atoms with Crippen molar-refractivity contribution < 1.29 is 19.1 Å². The maximum Gasteiger partial charge on any atom is 0.303 e. The van der Waals surface area contributed by atoms with Gasteiger partial charge in [-0.25, -0.2) is 9.97 Å². The van der Waals surface area contributed by atoms with E-state index in [-0.39, 0.29) is 6.42 Å². The molecule has 2 heterocycles. The molecule has 0 aliphatic heterocycles. The van der Waals surface area contributed by atoms with Gasteiger partial charge in [0.15, 0.2) is 0 Å². The van der Waals surface area contributed by atoms with Gasteiger partial charge in [-0.3, -0.25) is 4.79 Å². The highest BCUT2D eigenvalue weighted by Crippen LogP contribution is 2.44. The summed E-state index contributed by atoms with van der Waals surface area (Å²) in [5.74, 6) is 1.38. The first kappa shape index (κ1) is 23.0. The minimum atomic E-state index is -0.764. The van der Waals surface area contributed by atoms with Gasteiger partial charge in [0.2, 0.25) is 5.71 Å². The number of fused-ring (bicyclic) bond motifs is 1. The Hall–Kier alpha value is -4.13. The average Bonchev–Trinajstić information content (AvgIpc) is 3.26. The van der Waals surface area contributed by atoms with Crippen molar-refractivity contribution in [1.29, 1.82) is 0 Å². The molecule has 0 fully saturated rings. The molecule has 0 radical (unpaired) electrons. The second kappa shape index (κ2) is 10.7. The van der Waals surface area contributed by atoms with E-state index < -0.39 is 5.97 Å². The fourth-order valence-electron chi connectivity index (χ4n) is 3.96. The summed E-state index contributed by atoms with van der Waals surface area (Å²) >= 11 is 0. The first-order valence-electron chi connectivity index (χ1n) is 11.2. The summed E-state index contributed by atoms with van der Waals surface area (Å²) in [5, 5.41) is 13.0. The van der Waals surface area contributed by atoms with Crippen molar-refractivity contribution in [1.82, 2.24) is 9.97 Å². The van der Waals surface area contributed by atoms with Crippen LogP contribution < -0.4 is 10.1 Å². The molecule has 0 bridgehead atoms. The molecule has 2 aromatic heterocycles. The largest absolute Gasteiger partial charge is 0.497 e. The maximum atomic E-state index is 10.7. The molecule has 0 aliphatic carbocycles. The Labute approximate surface area is 198 Å². The molecule has 0 aliphatic rings. The predicted octanol–water partition coefficient (Wildman–Crippen LogP) is 6.27. The van der Waals surface area contributed by atoms with E-state index in [0.29, 0.717) is 30.3 Å². The van der Waals surface area contributed by atoms with E-state index in [4.69, 9.17) is 14.3 Å². The number of benzene rings is 2. The minimum Gasteiger partial charge on any atom is -0.497 e. The standard InChI is InChI=1S/C27H27N3O4/c1-3-18-9-6-7-10-21(18)25-23(19-12-14-20(33-2)15-13-19)24-26(29-17-30-27(24)34-25)28-16-8-4-5-11-22(31)32/h3,6-7,9-10,12-15,17H,1,4-5,8,11,16H2,2H3,(H,31,32)(H,28,29,30). The first-order chi connectivity index (χ1) is 16.6. The average molecular weight is 458 g/mol. The Morgan fingerprint density at radius 3 is 2.65 bits per heavy atom. The van der Waals surface area contributed by atoms with Crippen molar-refractivity contribution in [3.63, 3.8) is 0 Å². The number of methoxy groups -OCH3 is 1. The minimum absolute atomic E-state index is 0.188. The van der Waals surface area contributed by atoms with Gasteiger partial charge in [-0.05, 0) is 36.1 Å². The molecule has 2 aromatic carbocycles. The number of anilines is 1. The second-order valence-electron chi connectivity index (χ2n) is 7.86. The van der Waals surface area contributed by atoms with Crippen LogP contribution in [0.4, 0.5) is 5.82 Å². The number of carbonyl (C=O) groups is 1. The van der Waals surface area contributed by atoms with Crippen LogP contribution in [0.2, 0.25) is 0 Å². The zero-order valence-corrected chi connectivity index (χ0v) is 19.1. The number of nitrogens with one attached hydrogen (secondary N) is 1. The molecule has 174 valence electrons. The lowest BCUT2D eigenvalue weighted by Crippen LogP contribution is -2.04. The Balaban J connectivity index is 1.77. The quantitative estimate of drug-likeness (QED) is 0.256. The molecule has 0 amide bonds. The van der Waals surface area contributed by atoms with Crippen LogP contribution in [0, 0.1) is 0 Å². The number of ether oxygens (including phenoxy) is 1. The van der Waals surface area contributed by atoms with E-state index >= 15 is 0 Å². The first-order valence-corrected chi connectivity index (χ1v) is 11.2. The number of aliphatic carboxylic acids is 1. The summed E-state index contributed by atoms with van der Waals surface area (Å²) in [6, 6.07) is 15.7. The highest BCUT2D eigenvalue weighted by molar-refractivity contribution is 6.06. The summed E-state index contributed by atoms with van der Waals surface area (Å²) in [6.45, 7) is 4.62. The van der Waals surface area contributed by atoms with Gasteiger partial charge in [-0.15, -0.1) is 0 Å². The maximum absolute atomic E-state index is 10.7. The second-order valence-corrected chi connectivity index (χ2v) is 7.86. The highest BCUT2D eigenvalue weighted by atomic mass is 16.5. The number of carboxylic acids is 1. The van der Waals surface area contributed by atoms with Gasteiger partial charge in [-0.2, -0.15) is 0 Å². The van der Waals surface area contributed by atoms with Gasteiger partial charge in [0.05, 0.1) is 12.5 Å². The van der Waals surface area contributed by atoms with Gasteiger partial charge in [0.25, 0.3) is 0 Å². The summed E-state index contributed by atoms with van der Waals surface area (Å²) in [6.07, 6.45) is 5.79. The fraction of sp³-hybridized carbons (Fsp3) is 0.222. The van der Waals surface area contributed by atoms with E-state index in [0.717, 1.165) is 46.2 Å². The third-order valence-electron chi connectivity index (χ3n) is 5.65. The van der Waals surface area contributed by atoms with Crippen molar-refractivity contribution in [2.24, 2.45) is 0 Å². The third-order valence-corrected chi connectivity index (χ3v) is 5.65. The monoisotopic (exact) mass is 457 g/mol. The van der Waals surface area contributed by atoms with Crippen LogP contribution in [-0.4, -0.2) is 34.7 Å².